The number of carbonyl (C=O) groups excluding carboxylic acids is 2. The third kappa shape index (κ3) is 5.90. The summed E-state index contributed by atoms with van der Waals surface area (Å²) in [5.74, 6) is -0.766. The molecule has 182 valence electrons. The molecule has 1 unspecified atom stereocenters. The Bertz CT molecular complexity index is 1170. The molecule has 1 heterocycles. The van der Waals surface area contributed by atoms with E-state index in [-0.39, 0.29) is 43.1 Å². The Morgan fingerprint density at radius 2 is 1.63 bits per heavy atom. The minimum atomic E-state index is -0.858. The number of furan rings is 1. The van der Waals surface area contributed by atoms with Crippen molar-refractivity contribution in [3.05, 3.63) is 83.3 Å². The van der Waals surface area contributed by atoms with Crippen LogP contribution in [0.1, 0.15) is 53.1 Å². The number of carboxylic acids is 1. The zero-order valence-electron chi connectivity index (χ0n) is 19.5. The first-order valence-electron chi connectivity index (χ1n) is 11.6. The van der Waals surface area contributed by atoms with Crippen LogP contribution in [0.2, 0.25) is 0 Å². The molecule has 0 fully saturated rings. The van der Waals surface area contributed by atoms with Gasteiger partial charge in [-0.1, -0.05) is 55.5 Å². The molecule has 2 amide bonds. The van der Waals surface area contributed by atoms with Gasteiger partial charge in [-0.05, 0) is 46.7 Å². The lowest BCUT2D eigenvalue weighted by Crippen LogP contribution is -2.26. The molecule has 1 atom stereocenters. The molecular formula is C27H28N2O6. The predicted octanol–water partition coefficient (Wildman–Crippen LogP) is 4.55. The average Bonchev–Trinajstić information content (AvgIpc) is 3.44. The predicted molar refractivity (Wildman–Crippen MR) is 129 cm³/mol. The minimum Gasteiger partial charge on any atom is -0.481 e. The number of rotatable bonds is 10. The molecule has 1 aliphatic rings. The van der Waals surface area contributed by atoms with Crippen LogP contribution in [0, 0.1) is 5.92 Å². The Morgan fingerprint density at radius 3 is 2.29 bits per heavy atom. The Labute approximate surface area is 203 Å². The Hall–Kier alpha value is -4.07. The Kier molecular flexibility index (Phi) is 7.50. The summed E-state index contributed by atoms with van der Waals surface area (Å²) in [5, 5.41) is 14.2. The molecule has 1 aliphatic carbocycles. The molecule has 0 aliphatic heterocycles. The quantitative estimate of drug-likeness (QED) is 0.395. The molecule has 35 heavy (non-hydrogen) atoms. The van der Waals surface area contributed by atoms with Crippen LogP contribution in [-0.4, -0.2) is 36.2 Å². The summed E-state index contributed by atoms with van der Waals surface area (Å²) in [6.45, 7) is 2.47. The first kappa shape index (κ1) is 24.1. The first-order chi connectivity index (χ1) is 16.9. The van der Waals surface area contributed by atoms with Crippen molar-refractivity contribution < 1.29 is 28.6 Å². The highest BCUT2D eigenvalue weighted by Crippen LogP contribution is 2.44. The lowest BCUT2D eigenvalue weighted by atomic mass is 9.98. The van der Waals surface area contributed by atoms with Crippen molar-refractivity contribution in [3.8, 4) is 11.1 Å². The van der Waals surface area contributed by atoms with Crippen molar-refractivity contribution in [1.82, 2.24) is 10.6 Å². The van der Waals surface area contributed by atoms with Crippen molar-refractivity contribution in [2.45, 2.75) is 32.2 Å². The fourth-order valence-corrected chi connectivity index (χ4v) is 4.32. The highest BCUT2D eigenvalue weighted by molar-refractivity contribution is 5.91. The van der Waals surface area contributed by atoms with E-state index in [1.165, 1.54) is 6.07 Å². The highest BCUT2D eigenvalue weighted by atomic mass is 16.5. The molecule has 1 aromatic heterocycles. The van der Waals surface area contributed by atoms with Gasteiger partial charge in [0.1, 0.15) is 12.4 Å². The van der Waals surface area contributed by atoms with Crippen LogP contribution >= 0.6 is 0 Å². The average molecular weight is 477 g/mol. The van der Waals surface area contributed by atoms with E-state index in [2.05, 4.69) is 34.9 Å². The van der Waals surface area contributed by atoms with Gasteiger partial charge in [0.15, 0.2) is 5.76 Å². The number of carboxylic acid groups (broad SMARTS) is 1. The Balaban J connectivity index is 1.24. The SMILES string of the molecule is CC(CCNC(=O)c1ccc(CNC(=O)OCC2c3ccccc3-c3ccccc32)o1)CC(=O)O. The van der Waals surface area contributed by atoms with Gasteiger partial charge in [0.25, 0.3) is 5.91 Å². The van der Waals surface area contributed by atoms with E-state index >= 15 is 0 Å². The second kappa shape index (κ2) is 10.9. The number of fused-ring (bicyclic) bond motifs is 3. The van der Waals surface area contributed by atoms with E-state index in [9.17, 15) is 14.4 Å². The normalized spacial score (nSPS) is 12.9. The molecule has 3 N–H and O–H groups in total. The molecule has 0 saturated heterocycles. The van der Waals surface area contributed by atoms with Crippen molar-refractivity contribution in [2.75, 3.05) is 13.2 Å². The van der Waals surface area contributed by atoms with Crippen molar-refractivity contribution in [1.29, 1.82) is 0 Å². The lowest BCUT2D eigenvalue weighted by molar-refractivity contribution is -0.138. The van der Waals surface area contributed by atoms with Crippen LogP contribution in [0.4, 0.5) is 4.79 Å². The van der Waals surface area contributed by atoms with Gasteiger partial charge in [-0.3, -0.25) is 9.59 Å². The number of aliphatic carboxylic acids is 1. The fourth-order valence-electron chi connectivity index (χ4n) is 4.32. The second-order valence-corrected chi connectivity index (χ2v) is 8.69. The molecule has 3 aromatic rings. The third-order valence-electron chi connectivity index (χ3n) is 6.08. The number of hydrogen-bond donors (Lipinski definition) is 3. The monoisotopic (exact) mass is 476 g/mol. The van der Waals surface area contributed by atoms with Crippen LogP contribution in [0.25, 0.3) is 11.1 Å². The van der Waals surface area contributed by atoms with Crippen molar-refractivity contribution >= 4 is 18.0 Å². The van der Waals surface area contributed by atoms with Gasteiger partial charge >= 0.3 is 12.1 Å². The molecule has 8 heteroatoms. The molecule has 0 radical (unpaired) electrons. The first-order valence-corrected chi connectivity index (χ1v) is 11.6. The minimum absolute atomic E-state index is 0.0229. The summed E-state index contributed by atoms with van der Waals surface area (Å²) < 4.78 is 11.0. The second-order valence-electron chi connectivity index (χ2n) is 8.69. The number of nitrogens with one attached hydrogen (secondary N) is 2. The highest BCUT2D eigenvalue weighted by Gasteiger charge is 2.29. The molecule has 2 aromatic carbocycles. The topological polar surface area (TPSA) is 118 Å². The molecule has 4 rings (SSSR count). The Morgan fingerprint density at radius 1 is 0.971 bits per heavy atom. The number of alkyl carbamates (subject to hydrolysis) is 1. The summed E-state index contributed by atoms with van der Waals surface area (Å²) in [7, 11) is 0. The largest absolute Gasteiger partial charge is 0.481 e. The van der Waals surface area contributed by atoms with Gasteiger partial charge in [-0.15, -0.1) is 0 Å². The van der Waals surface area contributed by atoms with Crippen LogP contribution in [0.3, 0.4) is 0 Å². The van der Waals surface area contributed by atoms with Gasteiger partial charge in [0.05, 0.1) is 6.54 Å². The molecular weight excluding hydrogens is 448 g/mol. The van der Waals surface area contributed by atoms with Gasteiger partial charge in [-0.25, -0.2) is 4.79 Å². The maximum absolute atomic E-state index is 12.3. The summed E-state index contributed by atoms with van der Waals surface area (Å²) in [4.78, 5) is 35.2. The van der Waals surface area contributed by atoms with E-state index in [1.54, 1.807) is 6.07 Å². The van der Waals surface area contributed by atoms with Crippen LogP contribution < -0.4 is 10.6 Å². The molecule has 0 saturated carbocycles. The fraction of sp³-hybridized carbons (Fsp3) is 0.296. The molecule has 0 spiro atoms. The summed E-state index contributed by atoms with van der Waals surface area (Å²) >= 11 is 0. The van der Waals surface area contributed by atoms with E-state index < -0.39 is 12.1 Å². The third-order valence-corrected chi connectivity index (χ3v) is 6.08. The summed E-state index contributed by atoms with van der Waals surface area (Å²) in [6, 6.07) is 19.4. The maximum Gasteiger partial charge on any atom is 0.407 e. The maximum atomic E-state index is 12.3. The number of carbonyl (C=O) groups is 3. The lowest BCUT2D eigenvalue weighted by Gasteiger charge is -2.14. The van der Waals surface area contributed by atoms with Gasteiger partial charge < -0.3 is 24.9 Å². The smallest absolute Gasteiger partial charge is 0.407 e. The summed E-state index contributed by atoms with van der Waals surface area (Å²) in [6.07, 6.45) is 0.0405. The van der Waals surface area contributed by atoms with E-state index in [4.69, 9.17) is 14.3 Å². The zero-order valence-corrected chi connectivity index (χ0v) is 19.5. The van der Waals surface area contributed by atoms with Gasteiger partial charge in [0.2, 0.25) is 0 Å². The van der Waals surface area contributed by atoms with E-state index in [0.29, 0.717) is 18.7 Å². The molecule has 8 nitrogen and oxygen atoms in total. The molecule has 0 bridgehead atoms. The van der Waals surface area contributed by atoms with Gasteiger partial charge in [-0.2, -0.15) is 0 Å². The van der Waals surface area contributed by atoms with E-state index in [1.807, 2.05) is 31.2 Å². The van der Waals surface area contributed by atoms with Crippen LogP contribution in [0.5, 0.6) is 0 Å². The van der Waals surface area contributed by atoms with Gasteiger partial charge in [0, 0.05) is 18.9 Å². The van der Waals surface area contributed by atoms with Crippen molar-refractivity contribution in [3.63, 3.8) is 0 Å². The van der Waals surface area contributed by atoms with Crippen molar-refractivity contribution in [2.24, 2.45) is 5.92 Å². The zero-order chi connectivity index (χ0) is 24.8. The summed E-state index contributed by atoms with van der Waals surface area (Å²) in [5.41, 5.74) is 4.60. The van der Waals surface area contributed by atoms with Crippen LogP contribution in [0.15, 0.2) is 65.1 Å². The standard InChI is InChI=1S/C27H28N2O6/c1-17(14-25(30)31)12-13-28-26(32)24-11-10-18(35-24)15-29-27(33)34-16-23-21-8-4-2-6-19(21)20-7-3-5-9-22(20)23/h2-11,17,23H,12-16H2,1H3,(H,28,32)(H,29,33)(H,30,31). The van der Waals surface area contributed by atoms with Crippen LogP contribution in [-0.2, 0) is 16.1 Å². The number of ether oxygens (including phenoxy) is 1. The number of hydrogen-bond acceptors (Lipinski definition) is 5. The van der Waals surface area contributed by atoms with E-state index in [0.717, 1.165) is 22.3 Å². The number of amides is 2. The number of benzene rings is 2.